The van der Waals surface area contributed by atoms with Gasteiger partial charge in [-0.05, 0) is 54.8 Å². The molecule has 2 aromatic carbocycles. The van der Waals surface area contributed by atoms with Crippen LogP contribution in [-0.2, 0) is 6.42 Å². The molecule has 5 rings (SSSR count). The van der Waals surface area contributed by atoms with Gasteiger partial charge in [-0.15, -0.1) is 0 Å². The van der Waals surface area contributed by atoms with Crippen molar-refractivity contribution >= 4 is 34.9 Å². The van der Waals surface area contributed by atoms with Crippen molar-refractivity contribution in [2.45, 2.75) is 18.9 Å². The van der Waals surface area contributed by atoms with Crippen molar-refractivity contribution in [2.24, 2.45) is 0 Å². The zero-order chi connectivity index (χ0) is 23.3. The molecular weight excluding hydrogens is 463 g/mol. The Kier molecular flexibility index (Phi) is 5.23. The number of nitrogen functional groups attached to an aromatic ring is 1. The molecule has 1 unspecified atom stereocenters. The van der Waals surface area contributed by atoms with Crippen LogP contribution in [0.4, 0.5) is 5.69 Å². The van der Waals surface area contributed by atoms with Crippen LogP contribution in [0.5, 0.6) is 0 Å². The van der Waals surface area contributed by atoms with Gasteiger partial charge in [0.2, 0.25) is 0 Å². The first-order valence-electron chi connectivity index (χ1n) is 10.2. The fourth-order valence-electron chi connectivity index (χ4n) is 4.31. The molecule has 7 nitrogen and oxygen atoms in total. The Labute approximate surface area is 198 Å². The molecule has 0 fully saturated rings. The number of imidazole rings is 1. The second-order valence-corrected chi connectivity index (χ2v) is 8.71. The molecule has 4 aromatic rings. The predicted molar refractivity (Wildman–Crippen MR) is 128 cm³/mol. The number of nitrogens with two attached hydrogens (primary N) is 1. The molecule has 33 heavy (non-hydrogen) atoms. The fourth-order valence-corrected chi connectivity index (χ4v) is 4.73. The van der Waals surface area contributed by atoms with Crippen molar-refractivity contribution in [2.75, 3.05) is 5.73 Å². The van der Waals surface area contributed by atoms with Crippen molar-refractivity contribution in [3.8, 4) is 22.4 Å². The van der Waals surface area contributed by atoms with Crippen LogP contribution in [0.25, 0.3) is 22.4 Å². The molecule has 1 aliphatic heterocycles. The van der Waals surface area contributed by atoms with Crippen molar-refractivity contribution in [1.29, 1.82) is 0 Å². The maximum atomic E-state index is 13.1. The molecule has 3 heterocycles. The zero-order valence-electron chi connectivity index (χ0n) is 17.2. The third kappa shape index (κ3) is 3.79. The number of rotatable bonds is 4. The third-order valence-electron chi connectivity index (χ3n) is 5.84. The smallest absolute Gasteiger partial charge is 0.335 e. The number of aromatic carboxylic acids is 1. The normalized spacial score (nSPS) is 14.9. The predicted octanol–water partition coefficient (Wildman–Crippen LogP) is 5.03. The van der Waals surface area contributed by atoms with E-state index in [9.17, 15) is 14.7 Å². The minimum Gasteiger partial charge on any atom is -0.478 e. The van der Waals surface area contributed by atoms with Gasteiger partial charge in [-0.1, -0.05) is 35.3 Å². The van der Waals surface area contributed by atoms with E-state index in [1.807, 2.05) is 6.07 Å². The first kappa shape index (κ1) is 21.3. The van der Waals surface area contributed by atoms with Crippen LogP contribution in [0.2, 0.25) is 10.2 Å². The second-order valence-electron chi connectivity index (χ2n) is 7.90. The molecule has 2 aromatic heterocycles. The van der Waals surface area contributed by atoms with Crippen molar-refractivity contribution in [3.63, 3.8) is 0 Å². The summed E-state index contributed by atoms with van der Waals surface area (Å²) in [5.41, 5.74) is 9.94. The fraction of sp³-hybridized carbons (Fsp3) is 0.125. The highest BCUT2D eigenvalue weighted by atomic mass is 35.5. The highest BCUT2D eigenvalue weighted by Crippen LogP contribution is 2.36. The summed E-state index contributed by atoms with van der Waals surface area (Å²) in [6.45, 7) is 0. The van der Waals surface area contributed by atoms with Crippen molar-refractivity contribution in [3.05, 3.63) is 92.2 Å². The van der Waals surface area contributed by atoms with Gasteiger partial charge in [0.05, 0.1) is 11.6 Å². The molecule has 1 aliphatic rings. The molecule has 166 valence electrons. The molecule has 0 bridgehead atoms. The summed E-state index contributed by atoms with van der Waals surface area (Å²) < 4.78 is 1.71. The summed E-state index contributed by atoms with van der Waals surface area (Å²) in [6.07, 6.45) is 1.35. The number of aromatic nitrogens is 3. The number of halogens is 2. The van der Waals surface area contributed by atoms with Crippen LogP contribution in [0.1, 0.15) is 34.3 Å². The first-order valence-corrected chi connectivity index (χ1v) is 11.0. The number of nitrogens with zero attached hydrogens (tertiary/aromatic N) is 2. The average molecular weight is 481 g/mol. The van der Waals surface area contributed by atoms with Gasteiger partial charge >= 0.3 is 5.97 Å². The molecule has 0 spiro atoms. The van der Waals surface area contributed by atoms with Crippen LogP contribution >= 0.6 is 23.2 Å². The Bertz CT molecular complexity index is 1480. The number of H-pyrrole nitrogens is 1. The van der Waals surface area contributed by atoms with Gasteiger partial charge < -0.3 is 20.4 Å². The molecule has 0 amide bonds. The number of hydrogen-bond acceptors (Lipinski definition) is 4. The summed E-state index contributed by atoms with van der Waals surface area (Å²) in [6, 6.07) is 14.8. The van der Waals surface area contributed by atoms with Gasteiger partial charge in [-0.2, -0.15) is 0 Å². The molecule has 4 N–H and O–H groups in total. The highest BCUT2D eigenvalue weighted by Gasteiger charge is 2.29. The van der Waals surface area contributed by atoms with Gasteiger partial charge in [0.15, 0.2) is 0 Å². The molecule has 0 radical (unpaired) electrons. The van der Waals surface area contributed by atoms with Gasteiger partial charge in [0, 0.05) is 33.6 Å². The average Bonchev–Trinajstić information content (AvgIpc) is 3.39. The van der Waals surface area contributed by atoms with E-state index in [0.717, 1.165) is 11.3 Å². The summed E-state index contributed by atoms with van der Waals surface area (Å²) in [4.78, 5) is 32.1. The third-order valence-corrected chi connectivity index (χ3v) is 6.35. The number of carboxylic acid groups (broad SMARTS) is 1. The Morgan fingerprint density at radius 3 is 2.73 bits per heavy atom. The van der Waals surface area contributed by atoms with Gasteiger partial charge in [-0.3, -0.25) is 4.79 Å². The Balaban J connectivity index is 1.54. The van der Waals surface area contributed by atoms with Gasteiger partial charge in [-0.25, -0.2) is 9.78 Å². The first-order chi connectivity index (χ1) is 15.8. The van der Waals surface area contributed by atoms with E-state index < -0.39 is 5.97 Å². The SMILES string of the molecule is Nc1ccc(Cl)cc1-c1cc2n(c(=O)c1)C(c1nc(-c3cccc(C(=O)O)c3)c(Cl)[nH]1)CC2. The second kappa shape index (κ2) is 8.10. The lowest BCUT2D eigenvalue weighted by Gasteiger charge is -2.14. The van der Waals surface area contributed by atoms with Crippen LogP contribution in [0.15, 0.2) is 59.4 Å². The van der Waals surface area contributed by atoms with Crippen molar-refractivity contribution < 1.29 is 9.90 Å². The van der Waals surface area contributed by atoms with Crippen LogP contribution in [0.3, 0.4) is 0 Å². The zero-order valence-corrected chi connectivity index (χ0v) is 18.7. The molecule has 0 saturated carbocycles. The van der Waals surface area contributed by atoms with Crippen LogP contribution < -0.4 is 11.3 Å². The Hall–Kier alpha value is -3.55. The number of benzene rings is 2. The van der Waals surface area contributed by atoms with Gasteiger partial charge in [0.25, 0.3) is 5.56 Å². The van der Waals surface area contributed by atoms with Crippen LogP contribution in [-0.4, -0.2) is 25.6 Å². The molecule has 1 atom stereocenters. The number of carbonyl (C=O) groups is 1. The largest absolute Gasteiger partial charge is 0.478 e. The van der Waals surface area contributed by atoms with Crippen molar-refractivity contribution in [1.82, 2.24) is 14.5 Å². The number of anilines is 1. The van der Waals surface area contributed by atoms with E-state index in [1.165, 1.54) is 12.1 Å². The number of nitrogens with one attached hydrogen (secondary N) is 1. The summed E-state index contributed by atoms with van der Waals surface area (Å²) in [7, 11) is 0. The van der Waals surface area contributed by atoms with Gasteiger partial charge in [0.1, 0.15) is 16.7 Å². The molecule has 0 aliphatic carbocycles. The number of aromatic amines is 1. The van der Waals surface area contributed by atoms with E-state index >= 15 is 0 Å². The number of fused-ring (bicyclic) bond motifs is 1. The molecule has 0 saturated heterocycles. The molecule has 9 heteroatoms. The minimum absolute atomic E-state index is 0.142. The lowest BCUT2D eigenvalue weighted by Crippen LogP contribution is -2.23. The Morgan fingerprint density at radius 1 is 1.12 bits per heavy atom. The highest BCUT2D eigenvalue weighted by molar-refractivity contribution is 6.32. The monoisotopic (exact) mass is 480 g/mol. The number of hydrogen-bond donors (Lipinski definition) is 3. The lowest BCUT2D eigenvalue weighted by atomic mass is 10.0. The number of pyridine rings is 1. The number of aryl methyl sites for hydroxylation is 1. The molecular formula is C24H18Cl2N4O3. The van der Waals surface area contributed by atoms with Crippen LogP contribution in [0, 0.1) is 0 Å². The van der Waals surface area contributed by atoms with E-state index in [0.29, 0.717) is 46.2 Å². The maximum absolute atomic E-state index is 13.1. The van der Waals surface area contributed by atoms with E-state index in [1.54, 1.807) is 41.0 Å². The Morgan fingerprint density at radius 2 is 1.94 bits per heavy atom. The van der Waals surface area contributed by atoms with E-state index in [2.05, 4.69) is 9.97 Å². The minimum atomic E-state index is -1.03. The quantitative estimate of drug-likeness (QED) is 0.354. The lowest BCUT2D eigenvalue weighted by molar-refractivity contribution is 0.0697. The summed E-state index contributed by atoms with van der Waals surface area (Å²) >= 11 is 12.5. The van der Waals surface area contributed by atoms with E-state index in [4.69, 9.17) is 28.9 Å². The summed E-state index contributed by atoms with van der Waals surface area (Å²) in [5, 5.41) is 10.1. The topological polar surface area (TPSA) is 114 Å². The summed E-state index contributed by atoms with van der Waals surface area (Å²) in [5.74, 6) is -0.484. The standard InChI is InChI=1S/C24H18Cl2N4O3/c25-15-4-6-18(27)17(11-15)14-9-16-5-7-19(30(16)20(31)10-14)23-28-21(22(26)29-23)12-2-1-3-13(8-12)24(32)33/h1-4,6,8-11,19H,5,7,27H2,(H,28,29)(H,32,33). The van der Waals surface area contributed by atoms with E-state index in [-0.39, 0.29) is 22.3 Å². The maximum Gasteiger partial charge on any atom is 0.335 e. The number of carboxylic acids is 1.